The van der Waals surface area contributed by atoms with Gasteiger partial charge in [0.1, 0.15) is 17.0 Å². The molecule has 1 amide bonds. The monoisotopic (exact) mass is 448 g/mol. The molecule has 0 aliphatic carbocycles. The second-order valence-corrected chi connectivity index (χ2v) is 7.56. The van der Waals surface area contributed by atoms with Crippen LogP contribution in [0.1, 0.15) is 23.0 Å². The Labute approximate surface area is 190 Å². The second-order valence-electron chi connectivity index (χ2n) is 7.15. The lowest BCUT2D eigenvalue weighted by molar-refractivity contribution is -0.121. The van der Waals surface area contributed by atoms with Gasteiger partial charge in [0.05, 0.1) is 10.7 Å². The highest BCUT2D eigenvalue weighted by Crippen LogP contribution is 2.31. The number of nitrogens with zero attached hydrogens (tertiary/aromatic N) is 2. The Morgan fingerprint density at radius 2 is 1.75 bits per heavy atom. The number of aromatic nitrogens is 1. The van der Waals surface area contributed by atoms with E-state index in [1.807, 2.05) is 49.4 Å². The number of esters is 1. The van der Waals surface area contributed by atoms with E-state index in [1.165, 1.54) is 0 Å². The van der Waals surface area contributed by atoms with Gasteiger partial charge in [-0.25, -0.2) is 4.79 Å². The van der Waals surface area contributed by atoms with Crippen LogP contribution in [0.15, 0.2) is 71.3 Å². The number of anilines is 1. The minimum absolute atomic E-state index is 0.152. The van der Waals surface area contributed by atoms with Gasteiger partial charge in [-0.05, 0) is 31.4 Å². The van der Waals surface area contributed by atoms with E-state index in [2.05, 4.69) is 5.16 Å². The van der Waals surface area contributed by atoms with E-state index in [0.29, 0.717) is 22.9 Å². The summed E-state index contributed by atoms with van der Waals surface area (Å²) in [5, 5.41) is 6.38. The van der Waals surface area contributed by atoms with Crippen LogP contribution < -0.4 is 4.90 Å². The number of aryl methyl sites for hydroxylation is 1. The molecule has 0 aliphatic rings. The summed E-state index contributed by atoms with van der Waals surface area (Å²) in [5.41, 5.74) is 1.76. The van der Waals surface area contributed by atoms with Crippen LogP contribution in [0.2, 0.25) is 5.02 Å². The molecule has 3 aromatic carbocycles. The number of amides is 1. The molecule has 0 unspecified atom stereocenters. The average Bonchev–Trinajstić information content (AvgIpc) is 3.19. The Balaban J connectivity index is 1.55. The number of carbonyl (C=O) groups is 2. The van der Waals surface area contributed by atoms with Crippen LogP contribution in [0.5, 0.6) is 0 Å². The smallest absolute Gasteiger partial charge is 0.344 e. The molecule has 1 heterocycles. The minimum Gasteiger partial charge on any atom is -0.452 e. The van der Waals surface area contributed by atoms with Gasteiger partial charge in [-0.2, -0.15) is 0 Å². The summed E-state index contributed by atoms with van der Waals surface area (Å²) < 4.78 is 10.6. The SMILES string of the molecule is CCN(C(=O)COC(=O)c1c(-c2ccccc2Cl)noc1C)c1cccc2ccccc12. The summed E-state index contributed by atoms with van der Waals surface area (Å²) in [6.07, 6.45) is 0. The van der Waals surface area contributed by atoms with Gasteiger partial charge < -0.3 is 14.2 Å². The van der Waals surface area contributed by atoms with Crippen molar-refractivity contribution < 1.29 is 18.8 Å². The average molecular weight is 449 g/mol. The Morgan fingerprint density at radius 3 is 2.53 bits per heavy atom. The number of ether oxygens (including phenoxy) is 1. The van der Waals surface area contributed by atoms with Crippen LogP contribution >= 0.6 is 11.6 Å². The van der Waals surface area contributed by atoms with Crippen molar-refractivity contribution in [1.82, 2.24) is 5.16 Å². The summed E-state index contributed by atoms with van der Waals surface area (Å²) in [4.78, 5) is 27.4. The molecule has 0 atom stereocenters. The van der Waals surface area contributed by atoms with Crippen molar-refractivity contribution in [3.63, 3.8) is 0 Å². The van der Waals surface area contributed by atoms with Gasteiger partial charge in [0.15, 0.2) is 6.61 Å². The zero-order chi connectivity index (χ0) is 22.7. The fourth-order valence-electron chi connectivity index (χ4n) is 3.65. The van der Waals surface area contributed by atoms with Crippen LogP contribution in [0, 0.1) is 6.92 Å². The fraction of sp³-hybridized carbons (Fsp3) is 0.160. The summed E-state index contributed by atoms with van der Waals surface area (Å²) >= 11 is 6.25. The quantitative estimate of drug-likeness (QED) is 0.355. The van der Waals surface area contributed by atoms with E-state index >= 15 is 0 Å². The summed E-state index contributed by atoms with van der Waals surface area (Å²) in [7, 11) is 0. The third kappa shape index (κ3) is 4.09. The number of carbonyl (C=O) groups excluding carboxylic acids is 2. The molecule has 1 aromatic heterocycles. The van der Waals surface area contributed by atoms with Crippen LogP contribution in [-0.4, -0.2) is 30.2 Å². The Hall–Kier alpha value is -3.64. The van der Waals surface area contributed by atoms with Gasteiger partial charge in [-0.3, -0.25) is 4.79 Å². The molecule has 0 fully saturated rings. The molecule has 0 aliphatic heterocycles. The molecule has 4 rings (SSSR count). The van der Waals surface area contributed by atoms with Crippen molar-refractivity contribution in [3.05, 3.63) is 83.1 Å². The summed E-state index contributed by atoms with van der Waals surface area (Å²) in [6.45, 7) is 3.51. The number of likely N-dealkylation sites (N-methyl/N-ethyl adjacent to an activating group) is 1. The maximum atomic E-state index is 13.0. The zero-order valence-electron chi connectivity index (χ0n) is 17.7. The standard InChI is InChI=1S/C25H21ClN2O4/c1-3-28(21-14-8-10-17-9-4-5-11-18(17)21)22(29)15-31-25(30)23-16(2)32-27-24(23)19-12-6-7-13-20(19)26/h4-14H,3,15H2,1-2H3. The molecular formula is C25H21ClN2O4. The summed E-state index contributed by atoms with van der Waals surface area (Å²) in [6, 6.07) is 20.6. The minimum atomic E-state index is -0.694. The number of hydrogen-bond acceptors (Lipinski definition) is 5. The number of halogens is 1. The Bertz CT molecular complexity index is 1290. The maximum Gasteiger partial charge on any atom is 0.344 e. The van der Waals surface area contributed by atoms with Crippen LogP contribution in [-0.2, 0) is 9.53 Å². The topological polar surface area (TPSA) is 72.6 Å². The van der Waals surface area contributed by atoms with Crippen molar-refractivity contribution in [2.24, 2.45) is 0 Å². The highest BCUT2D eigenvalue weighted by Gasteiger charge is 2.26. The molecule has 0 radical (unpaired) electrons. The lowest BCUT2D eigenvalue weighted by Crippen LogP contribution is -2.34. The first-order valence-electron chi connectivity index (χ1n) is 10.2. The maximum absolute atomic E-state index is 13.0. The number of rotatable bonds is 6. The van der Waals surface area contributed by atoms with Gasteiger partial charge in [-0.1, -0.05) is 71.4 Å². The van der Waals surface area contributed by atoms with Crippen molar-refractivity contribution >= 4 is 39.9 Å². The van der Waals surface area contributed by atoms with Crippen LogP contribution in [0.3, 0.4) is 0 Å². The molecule has 32 heavy (non-hydrogen) atoms. The van der Waals surface area contributed by atoms with Crippen LogP contribution in [0.25, 0.3) is 22.0 Å². The number of hydrogen-bond donors (Lipinski definition) is 0. The Kier molecular flexibility index (Phi) is 6.23. The normalized spacial score (nSPS) is 10.8. The molecule has 0 bridgehead atoms. The van der Waals surface area contributed by atoms with Crippen molar-refractivity contribution in [2.45, 2.75) is 13.8 Å². The summed E-state index contributed by atoms with van der Waals surface area (Å²) in [5.74, 6) is -0.731. The Morgan fingerprint density at radius 1 is 1.03 bits per heavy atom. The lowest BCUT2D eigenvalue weighted by atomic mass is 10.1. The first-order valence-corrected chi connectivity index (χ1v) is 10.6. The predicted molar refractivity (Wildman–Crippen MR) is 124 cm³/mol. The van der Waals surface area contributed by atoms with Crippen molar-refractivity contribution in [1.29, 1.82) is 0 Å². The number of benzene rings is 3. The van der Waals surface area contributed by atoms with Gasteiger partial charge in [0.25, 0.3) is 5.91 Å². The van der Waals surface area contributed by atoms with E-state index in [4.69, 9.17) is 20.9 Å². The van der Waals surface area contributed by atoms with Gasteiger partial charge in [0, 0.05) is 17.5 Å². The number of fused-ring (bicyclic) bond motifs is 1. The zero-order valence-corrected chi connectivity index (χ0v) is 18.4. The fourth-order valence-corrected chi connectivity index (χ4v) is 3.88. The molecule has 4 aromatic rings. The van der Waals surface area contributed by atoms with E-state index in [1.54, 1.807) is 36.1 Å². The van der Waals surface area contributed by atoms with E-state index in [9.17, 15) is 9.59 Å². The highest BCUT2D eigenvalue weighted by atomic mass is 35.5. The molecule has 7 heteroatoms. The molecule has 0 saturated heterocycles. The van der Waals surface area contributed by atoms with E-state index in [0.717, 1.165) is 16.5 Å². The lowest BCUT2D eigenvalue weighted by Gasteiger charge is -2.22. The van der Waals surface area contributed by atoms with Crippen LogP contribution in [0.4, 0.5) is 5.69 Å². The molecule has 162 valence electrons. The third-order valence-electron chi connectivity index (χ3n) is 5.20. The highest BCUT2D eigenvalue weighted by molar-refractivity contribution is 6.33. The molecule has 0 saturated carbocycles. The molecule has 0 N–H and O–H groups in total. The van der Waals surface area contributed by atoms with Crippen molar-refractivity contribution in [2.75, 3.05) is 18.1 Å². The van der Waals surface area contributed by atoms with E-state index < -0.39 is 12.6 Å². The second kappa shape index (κ2) is 9.24. The van der Waals surface area contributed by atoms with Crippen molar-refractivity contribution in [3.8, 4) is 11.3 Å². The first kappa shape index (κ1) is 21.6. The van der Waals surface area contributed by atoms with Gasteiger partial charge in [0.2, 0.25) is 0 Å². The predicted octanol–water partition coefficient (Wildman–Crippen LogP) is 5.67. The largest absolute Gasteiger partial charge is 0.452 e. The third-order valence-corrected chi connectivity index (χ3v) is 5.53. The van der Waals surface area contributed by atoms with Gasteiger partial charge in [-0.15, -0.1) is 0 Å². The first-order chi connectivity index (χ1) is 15.5. The molecule has 6 nitrogen and oxygen atoms in total. The van der Waals surface area contributed by atoms with E-state index in [-0.39, 0.29) is 17.2 Å². The molecular weight excluding hydrogens is 428 g/mol. The molecule has 0 spiro atoms. The van der Waals surface area contributed by atoms with Gasteiger partial charge >= 0.3 is 5.97 Å².